The average Bonchev–Trinajstić information content (AvgIpc) is 2.18. The van der Waals surface area contributed by atoms with Crippen LogP contribution in [-0.2, 0) is 0 Å². The summed E-state index contributed by atoms with van der Waals surface area (Å²) in [7, 11) is 0. The van der Waals surface area contributed by atoms with E-state index in [0.29, 0.717) is 0 Å². The molecule has 17 heavy (non-hydrogen) atoms. The molecular formula is C11H15F5O. The molecule has 0 heterocycles. The zero-order valence-electron chi connectivity index (χ0n) is 9.56. The molecule has 0 spiro atoms. The summed E-state index contributed by atoms with van der Waals surface area (Å²) in [5, 5.41) is 9.40. The van der Waals surface area contributed by atoms with Crippen LogP contribution >= 0.6 is 0 Å². The van der Waals surface area contributed by atoms with E-state index in [9.17, 15) is 27.1 Å². The summed E-state index contributed by atoms with van der Waals surface area (Å²) in [6.07, 6.45) is -5.20. The molecule has 2 rings (SSSR count). The van der Waals surface area contributed by atoms with Crippen molar-refractivity contribution in [1.82, 2.24) is 0 Å². The van der Waals surface area contributed by atoms with Crippen molar-refractivity contribution in [3.63, 3.8) is 0 Å². The topological polar surface area (TPSA) is 20.2 Å². The fraction of sp³-hybridized carbons (Fsp3) is 1.00. The van der Waals surface area contributed by atoms with Crippen LogP contribution in [0.4, 0.5) is 22.0 Å². The van der Waals surface area contributed by atoms with Crippen molar-refractivity contribution in [3.8, 4) is 0 Å². The van der Waals surface area contributed by atoms with Crippen molar-refractivity contribution in [2.75, 3.05) is 0 Å². The third kappa shape index (κ3) is 1.39. The van der Waals surface area contributed by atoms with Crippen LogP contribution in [0.15, 0.2) is 0 Å². The molecule has 6 heteroatoms. The molecule has 2 saturated carbocycles. The standard InChI is InChI=1S/C11H15F5O/c1-5-3-7-8(4-6(5)2)10(12,13)9(7,17)11(14,15)16/h5-8,17H,3-4H2,1-2H3. The normalized spacial score (nSPS) is 49.4. The van der Waals surface area contributed by atoms with Gasteiger partial charge in [0.05, 0.1) is 0 Å². The van der Waals surface area contributed by atoms with Gasteiger partial charge in [0.1, 0.15) is 0 Å². The lowest BCUT2D eigenvalue weighted by molar-refractivity contribution is -0.433. The second kappa shape index (κ2) is 3.33. The number of fused-ring (bicyclic) bond motifs is 1. The molecule has 2 aliphatic carbocycles. The van der Waals surface area contributed by atoms with E-state index in [1.807, 2.05) is 0 Å². The van der Waals surface area contributed by atoms with E-state index in [1.54, 1.807) is 13.8 Å². The van der Waals surface area contributed by atoms with E-state index < -0.39 is 29.5 Å². The molecule has 0 aromatic rings. The number of alkyl halides is 5. The summed E-state index contributed by atoms with van der Waals surface area (Å²) in [5.41, 5.74) is -3.82. The van der Waals surface area contributed by atoms with Gasteiger partial charge in [-0.05, 0) is 24.7 Å². The summed E-state index contributed by atoms with van der Waals surface area (Å²) >= 11 is 0. The van der Waals surface area contributed by atoms with Gasteiger partial charge >= 0.3 is 6.18 Å². The molecule has 0 aliphatic heterocycles. The molecule has 2 aliphatic rings. The molecule has 2 fully saturated rings. The largest absolute Gasteiger partial charge is 0.423 e. The van der Waals surface area contributed by atoms with Crippen molar-refractivity contribution in [3.05, 3.63) is 0 Å². The maximum atomic E-state index is 13.5. The number of rotatable bonds is 0. The number of halogens is 5. The minimum absolute atomic E-state index is 0.0113. The molecule has 0 aromatic carbocycles. The highest BCUT2D eigenvalue weighted by Crippen LogP contribution is 2.67. The van der Waals surface area contributed by atoms with Crippen LogP contribution < -0.4 is 0 Å². The van der Waals surface area contributed by atoms with Crippen molar-refractivity contribution < 1.29 is 27.1 Å². The molecule has 0 bridgehead atoms. The predicted molar refractivity (Wildman–Crippen MR) is 50.5 cm³/mol. The van der Waals surface area contributed by atoms with Gasteiger partial charge in [-0.1, -0.05) is 13.8 Å². The van der Waals surface area contributed by atoms with Crippen molar-refractivity contribution in [1.29, 1.82) is 0 Å². The van der Waals surface area contributed by atoms with Crippen LogP contribution in [0.2, 0.25) is 0 Å². The highest BCUT2D eigenvalue weighted by Gasteiger charge is 2.84. The first-order valence-corrected chi connectivity index (χ1v) is 5.70. The molecule has 5 atom stereocenters. The lowest BCUT2D eigenvalue weighted by Crippen LogP contribution is -2.78. The second-order valence-corrected chi connectivity index (χ2v) is 5.53. The Labute approximate surface area is 96.0 Å². The van der Waals surface area contributed by atoms with Crippen LogP contribution in [0, 0.1) is 23.7 Å². The second-order valence-electron chi connectivity index (χ2n) is 5.53. The smallest absolute Gasteiger partial charge is 0.376 e. The molecule has 1 nitrogen and oxygen atoms in total. The minimum atomic E-state index is -5.27. The van der Waals surface area contributed by atoms with E-state index >= 15 is 0 Å². The van der Waals surface area contributed by atoms with Crippen molar-refractivity contribution >= 4 is 0 Å². The van der Waals surface area contributed by atoms with Crippen LogP contribution in [0.25, 0.3) is 0 Å². The Kier molecular flexibility index (Phi) is 2.56. The molecular weight excluding hydrogens is 243 g/mol. The number of hydrogen-bond acceptors (Lipinski definition) is 1. The number of hydrogen-bond donors (Lipinski definition) is 1. The molecule has 0 saturated heterocycles. The molecule has 0 radical (unpaired) electrons. The Morgan fingerprint density at radius 3 is 1.82 bits per heavy atom. The predicted octanol–water partition coefficient (Wildman–Crippen LogP) is 3.23. The van der Waals surface area contributed by atoms with Crippen molar-refractivity contribution in [2.24, 2.45) is 23.7 Å². The average molecular weight is 258 g/mol. The first-order chi connectivity index (χ1) is 7.53. The number of aliphatic hydroxyl groups is 1. The van der Waals surface area contributed by atoms with Crippen LogP contribution in [-0.4, -0.2) is 22.8 Å². The third-order valence-corrected chi connectivity index (χ3v) is 4.65. The summed E-state index contributed by atoms with van der Waals surface area (Å²) in [6.45, 7) is 3.51. The molecule has 0 amide bonds. The van der Waals surface area contributed by atoms with Gasteiger partial charge in [0, 0.05) is 11.8 Å². The van der Waals surface area contributed by atoms with Gasteiger partial charge in [-0.3, -0.25) is 0 Å². The van der Waals surface area contributed by atoms with E-state index in [2.05, 4.69) is 0 Å². The SMILES string of the molecule is CC1CC2C(CC1C)C(O)(C(F)(F)F)C2(F)F. The fourth-order valence-electron chi connectivity index (χ4n) is 3.29. The summed E-state index contributed by atoms with van der Waals surface area (Å²) in [4.78, 5) is 0. The zero-order valence-corrected chi connectivity index (χ0v) is 9.56. The Hall–Kier alpha value is -0.390. The fourth-order valence-corrected chi connectivity index (χ4v) is 3.29. The van der Waals surface area contributed by atoms with Crippen LogP contribution in [0.1, 0.15) is 26.7 Å². The summed E-state index contributed by atoms with van der Waals surface area (Å²) < 4.78 is 65.0. The van der Waals surface area contributed by atoms with E-state index in [-0.39, 0.29) is 24.7 Å². The maximum Gasteiger partial charge on any atom is 0.423 e. The van der Waals surface area contributed by atoms with Crippen LogP contribution in [0.3, 0.4) is 0 Å². The van der Waals surface area contributed by atoms with Gasteiger partial charge in [0.2, 0.25) is 5.60 Å². The first kappa shape index (κ1) is 13.1. The lowest BCUT2D eigenvalue weighted by atomic mass is 9.49. The first-order valence-electron chi connectivity index (χ1n) is 5.70. The highest BCUT2D eigenvalue weighted by atomic mass is 19.4. The Balaban J connectivity index is 2.33. The molecule has 0 aromatic heterocycles. The quantitative estimate of drug-likeness (QED) is 0.661. The van der Waals surface area contributed by atoms with Gasteiger partial charge in [-0.15, -0.1) is 0 Å². The van der Waals surface area contributed by atoms with E-state index in [0.717, 1.165) is 0 Å². The maximum absolute atomic E-state index is 13.5. The zero-order chi connectivity index (χ0) is 13.2. The van der Waals surface area contributed by atoms with Gasteiger partial charge in [0.15, 0.2) is 0 Å². The van der Waals surface area contributed by atoms with E-state index in [1.165, 1.54) is 0 Å². The molecule has 1 N–H and O–H groups in total. The van der Waals surface area contributed by atoms with E-state index in [4.69, 9.17) is 0 Å². The monoisotopic (exact) mass is 258 g/mol. The third-order valence-electron chi connectivity index (χ3n) is 4.65. The molecule has 5 unspecified atom stereocenters. The highest BCUT2D eigenvalue weighted by molar-refractivity contribution is 5.20. The van der Waals surface area contributed by atoms with Gasteiger partial charge in [-0.2, -0.15) is 13.2 Å². The van der Waals surface area contributed by atoms with Gasteiger partial charge in [0.25, 0.3) is 5.92 Å². The minimum Gasteiger partial charge on any atom is -0.376 e. The summed E-state index contributed by atoms with van der Waals surface area (Å²) in [5.74, 6) is -6.84. The van der Waals surface area contributed by atoms with Gasteiger partial charge in [-0.25, -0.2) is 8.78 Å². The lowest BCUT2D eigenvalue weighted by Gasteiger charge is -2.61. The Bertz CT molecular complexity index is 326. The molecule has 100 valence electrons. The van der Waals surface area contributed by atoms with Crippen molar-refractivity contribution in [2.45, 2.75) is 44.4 Å². The van der Waals surface area contributed by atoms with Gasteiger partial charge < -0.3 is 5.11 Å². The Morgan fingerprint density at radius 1 is 1.00 bits per heavy atom. The van der Waals surface area contributed by atoms with Crippen LogP contribution in [0.5, 0.6) is 0 Å². The summed E-state index contributed by atoms with van der Waals surface area (Å²) in [6, 6.07) is 0. The Morgan fingerprint density at radius 2 is 1.41 bits per heavy atom.